The van der Waals surface area contributed by atoms with Crippen LogP contribution in [0.1, 0.15) is 66.9 Å². The standard InChI is InChI=1S/C28H31N5O3/c1-3-16-31-26(35)23-15-14-21(25(34)29-22-8-6-5-7-9-22)17-24(23)33-27(31)30-32(28(33)36)18-20-12-10-19(4-2)11-13-20/h4,10-15,17,22H,2-3,5-9,16,18H2,1H3,(H,29,34). The molecule has 0 spiro atoms. The Kier molecular flexibility index (Phi) is 6.59. The average Bonchev–Trinajstić information content (AvgIpc) is 3.22. The third kappa shape index (κ3) is 4.39. The molecule has 0 aliphatic heterocycles. The van der Waals surface area contributed by atoms with E-state index in [-0.39, 0.29) is 35.5 Å². The van der Waals surface area contributed by atoms with E-state index >= 15 is 0 Å². The van der Waals surface area contributed by atoms with Gasteiger partial charge >= 0.3 is 5.69 Å². The summed E-state index contributed by atoms with van der Waals surface area (Å²) < 4.78 is 4.38. The highest BCUT2D eigenvalue weighted by Crippen LogP contribution is 2.19. The maximum absolute atomic E-state index is 13.6. The van der Waals surface area contributed by atoms with Gasteiger partial charge < -0.3 is 5.32 Å². The van der Waals surface area contributed by atoms with Gasteiger partial charge in [0.2, 0.25) is 5.78 Å². The van der Waals surface area contributed by atoms with Gasteiger partial charge in [0.1, 0.15) is 0 Å². The number of nitrogens with zero attached hydrogens (tertiary/aromatic N) is 4. The van der Waals surface area contributed by atoms with Crippen LogP contribution in [-0.2, 0) is 13.1 Å². The summed E-state index contributed by atoms with van der Waals surface area (Å²) in [4.78, 5) is 40.0. The number of aryl methyl sites for hydroxylation is 1. The van der Waals surface area contributed by atoms with E-state index in [2.05, 4.69) is 17.0 Å². The molecule has 0 bridgehead atoms. The molecule has 4 aromatic rings. The molecule has 8 heteroatoms. The van der Waals surface area contributed by atoms with Crippen LogP contribution in [-0.4, -0.2) is 30.7 Å². The monoisotopic (exact) mass is 485 g/mol. The second kappa shape index (κ2) is 9.97. The fourth-order valence-electron chi connectivity index (χ4n) is 5.03. The van der Waals surface area contributed by atoms with E-state index in [1.807, 2.05) is 31.2 Å². The topological polar surface area (TPSA) is 90.4 Å². The van der Waals surface area contributed by atoms with Crippen molar-refractivity contribution in [3.8, 4) is 0 Å². The molecule has 1 N–H and O–H groups in total. The highest BCUT2D eigenvalue weighted by atomic mass is 16.2. The second-order valence-corrected chi connectivity index (χ2v) is 9.52. The smallest absolute Gasteiger partial charge is 0.349 e. The fraction of sp³-hybridized carbons (Fsp3) is 0.357. The molecular formula is C28H31N5O3. The van der Waals surface area contributed by atoms with Gasteiger partial charge in [0.25, 0.3) is 11.5 Å². The van der Waals surface area contributed by atoms with Crippen LogP contribution < -0.4 is 16.6 Å². The van der Waals surface area contributed by atoms with E-state index in [1.54, 1.807) is 28.8 Å². The molecule has 0 unspecified atom stereocenters. The van der Waals surface area contributed by atoms with Crippen molar-refractivity contribution in [3.63, 3.8) is 0 Å². The van der Waals surface area contributed by atoms with Crippen LogP contribution >= 0.6 is 0 Å². The van der Waals surface area contributed by atoms with Crippen molar-refractivity contribution < 1.29 is 4.79 Å². The minimum absolute atomic E-state index is 0.164. The summed E-state index contributed by atoms with van der Waals surface area (Å²) in [7, 11) is 0. The number of aromatic nitrogens is 4. The molecule has 1 saturated carbocycles. The van der Waals surface area contributed by atoms with Crippen LogP contribution in [0.2, 0.25) is 0 Å². The first-order valence-corrected chi connectivity index (χ1v) is 12.7. The van der Waals surface area contributed by atoms with Crippen LogP contribution in [0.3, 0.4) is 0 Å². The summed E-state index contributed by atoms with van der Waals surface area (Å²) in [5.41, 5.74) is 2.16. The molecule has 2 aromatic heterocycles. The van der Waals surface area contributed by atoms with Gasteiger partial charge in [-0.05, 0) is 48.6 Å². The summed E-state index contributed by atoms with van der Waals surface area (Å²) >= 11 is 0. The summed E-state index contributed by atoms with van der Waals surface area (Å²) in [5.74, 6) is 0.101. The van der Waals surface area contributed by atoms with Gasteiger partial charge in [-0.15, -0.1) is 5.10 Å². The van der Waals surface area contributed by atoms with Crippen molar-refractivity contribution in [1.82, 2.24) is 24.1 Å². The molecule has 1 aliphatic rings. The van der Waals surface area contributed by atoms with Crippen molar-refractivity contribution in [3.05, 3.63) is 86.6 Å². The molecule has 5 rings (SSSR count). The van der Waals surface area contributed by atoms with Crippen LogP contribution in [0, 0.1) is 0 Å². The number of fused-ring (bicyclic) bond motifs is 3. The number of hydrogen-bond acceptors (Lipinski definition) is 4. The lowest BCUT2D eigenvalue weighted by molar-refractivity contribution is 0.0928. The molecule has 2 heterocycles. The van der Waals surface area contributed by atoms with E-state index in [9.17, 15) is 14.4 Å². The predicted octanol–water partition coefficient (Wildman–Crippen LogP) is 3.97. The number of benzene rings is 2. The summed E-state index contributed by atoms with van der Waals surface area (Å²) in [5, 5.41) is 8.07. The maximum atomic E-state index is 13.6. The number of carbonyl (C=O) groups excluding carboxylic acids is 1. The Morgan fingerprint density at radius 1 is 1.11 bits per heavy atom. The van der Waals surface area contributed by atoms with Gasteiger partial charge in [-0.2, -0.15) is 0 Å². The zero-order chi connectivity index (χ0) is 25.2. The number of hydrogen-bond donors (Lipinski definition) is 1. The van der Waals surface area contributed by atoms with Crippen LogP contribution in [0.5, 0.6) is 0 Å². The number of carbonyl (C=O) groups is 1. The minimum atomic E-state index is -0.350. The van der Waals surface area contributed by atoms with Crippen molar-refractivity contribution in [1.29, 1.82) is 0 Å². The Hall–Kier alpha value is -3.94. The lowest BCUT2D eigenvalue weighted by Crippen LogP contribution is -2.36. The zero-order valence-electron chi connectivity index (χ0n) is 20.6. The second-order valence-electron chi connectivity index (χ2n) is 9.52. The van der Waals surface area contributed by atoms with E-state index in [4.69, 9.17) is 0 Å². The molecule has 0 atom stereocenters. The van der Waals surface area contributed by atoms with E-state index in [0.29, 0.717) is 29.4 Å². The SMILES string of the molecule is C=Cc1ccc(Cn2nc3n(CCC)c(=O)c4ccc(C(=O)NC5CCCCC5)cc4n3c2=O)cc1. The van der Waals surface area contributed by atoms with Gasteiger partial charge in [-0.1, -0.05) is 63.1 Å². The fourth-order valence-corrected chi connectivity index (χ4v) is 5.03. The maximum Gasteiger partial charge on any atom is 0.352 e. The van der Waals surface area contributed by atoms with Crippen LogP contribution in [0.15, 0.2) is 58.6 Å². The van der Waals surface area contributed by atoms with Gasteiger partial charge in [0.15, 0.2) is 0 Å². The third-order valence-corrected chi connectivity index (χ3v) is 6.98. The Bertz CT molecular complexity index is 1550. The molecule has 1 amide bonds. The molecule has 0 saturated heterocycles. The Morgan fingerprint density at radius 2 is 1.86 bits per heavy atom. The van der Waals surface area contributed by atoms with E-state index in [0.717, 1.165) is 36.8 Å². The molecule has 0 radical (unpaired) electrons. The highest BCUT2D eigenvalue weighted by Gasteiger charge is 2.21. The molecule has 2 aromatic carbocycles. The van der Waals surface area contributed by atoms with Gasteiger partial charge in [-0.3, -0.25) is 14.2 Å². The van der Waals surface area contributed by atoms with Crippen LogP contribution in [0.25, 0.3) is 22.8 Å². The Labute approximate surface area is 208 Å². The van der Waals surface area contributed by atoms with Crippen molar-refractivity contribution in [2.75, 3.05) is 0 Å². The van der Waals surface area contributed by atoms with Crippen molar-refractivity contribution in [2.24, 2.45) is 0 Å². The lowest BCUT2D eigenvalue weighted by Gasteiger charge is -2.22. The third-order valence-electron chi connectivity index (χ3n) is 6.98. The van der Waals surface area contributed by atoms with E-state index < -0.39 is 0 Å². The minimum Gasteiger partial charge on any atom is -0.349 e. The molecule has 1 fully saturated rings. The summed E-state index contributed by atoms with van der Waals surface area (Å²) in [6, 6.07) is 12.8. The Balaban J connectivity index is 1.62. The zero-order valence-corrected chi connectivity index (χ0v) is 20.6. The van der Waals surface area contributed by atoms with Crippen LogP contribution in [0.4, 0.5) is 0 Å². The molecule has 36 heavy (non-hydrogen) atoms. The summed E-state index contributed by atoms with van der Waals surface area (Å²) in [6.45, 7) is 6.45. The largest absolute Gasteiger partial charge is 0.352 e. The molecular weight excluding hydrogens is 454 g/mol. The van der Waals surface area contributed by atoms with Gasteiger partial charge in [0.05, 0.1) is 17.4 Å². The van der Waals surface area contributed by atoms with Gasteiger partial charge in [-0.25, -0.2) is 13.9 Å². The quantitative estimate of drug-likeness (QED) is 0.429. The predicted molar refractivity (Wildman–Crippen MR) is 141 cm³/mol. The number of nitrogens with one attached hydrogen (secondary N) is 1. The normalized spacial score (nSPS) is 14.4. The molecule has 1 aliphatic carbocycles. The van der Waals surface area contributed by atoms with E-state index in [1.165, 1.54) is 15.5 Å². The number of rotatable bonds is 7. The average molecular weight is 486 g/mol. The molecule has 8 nitrogen and oxygen atoms in total. The number of amides is 1. The van der Waals surface area contributed by atoms with Crippen molar-refractivity contribution in [2.45, 2.75) is 64.6 Å². The first-order valence-electron chi connectivity index (χ1n) is 12.7. The van der Waals surface area contributed by atoms with Crippen molar-refractivity contribution >= 4 is 28.7 Å². The highest BCUT2D eigenvalue weighted by molar-refractivity contribution is 5.98. The first kappa shape index (κ1) is 23.8. The molecule has 186 valence electrons. The van der Waals surface area contributed by atoms with Gasteiger partial charge in [0, 0.05) is 18.2 Å². The Morgan fingerprint density at radius 3 is 2.56 bits per heavy atom. The first-order chi connectivity index (χ1) is 17.5. The lowest BCUT2D eigenvalue weighted by atomic mass is 9.95. The summed E-state index contributed by atoms with van der Waals surface area (Å²) in [6.07, 6.45) is 7.87.